The number of hydrogen-bond donors (Lipinski definition) is 2. The molecule has 0 aliphatic rings. The molecule has 6 nitrogen and oxygen atoms in total. The van der Waals surface area contributed by atoms with E-state index >= 15 is 0 Å². The van der Waals surface area contributed by atoms with E-state index in [9.17, 15) is 22.8 Å². The lowest BCUT2D eigenvalue weighted by molar-refractivity contribution is -0.137. The Morgan fingerprint density at radius 3 is 2.69 bits per heavy atom. The molecule has 0 atom stereocenters. The van der Waals surface area contributed by atoms with Crippen molar-refractivity contribution < 1.29 is 18.0 Å². The maximum Gasteiger partial charge on any atom is 0.416 e. The van der Waals surface area contributed by atoms with Crippen molar-refractivity contribution >= 4 is 16.8 Å². The molecule has 2 aromatic carbocycles. The first-order chi connectivity index (χ1) is 15.2. The predicted octanol–water partition coefficient (Wildman–Crippen LogP) is 4.01. The lowest BCUT2D eigenvalue weighted by Crippen LogP contribution is -2.33. The summed E-state index contributed by atoms with van der Waals surface area (Å²) in [5.41, 5.74) is 0.578. The number of alkyl halides is 3. The van der Waals surface area contributed by atoms with Crippen LogP contribution in [-0.2, 0) is 12.6 Å². The molecule has 0 fully saturated rings. The zero-order chi connectivity index (χ0) is 22.9. The first-order valence-electron chi connectivity index (χ1n) is 9.86. The third kappa shape index (κ3) is 4.27. The molecule has 0 bridgehead atoms. The van der Waals surface area contributed by atoms with Gasteiger partial charge in [-0.2, -0.15) is 18.3 Å². The number of benzene rings is 2. The Labute approximate surface area is 180 Å². The third-order valence-electron chi connectivity index (χ3n) is 5.10. The number of amides is 1. The van der Waals surface area contributed by atoms with Gasteiger partial charge in [-0.05, 0) is 43.2 Å². The second-order valence-corrected chi connectivity index (χ2v) is 7.32. The van der Waals surface area contributed by atoms with Crippen molar-refractivity contribution in [3.8, 4) is 5.69 Å². The van der Waals surface area contributed by atoms with Gasteiger partial charge in [-0.15, -0.1) is 0 Å². The number of carbonyl (C=O) groups is 1. The smallest absolute Gasteiger partial charge is 0.361 e. The number of rotatable bonds is 5. The monoisotopic (exact) mass is 440 g/mol. The second-order valence-electron chi connectivity index (χ2n) is 7.32. The molecule has 2 aromatic heterocycles. The van der Waals surface area contributed by atoms with Crippen LogP contribution in [0.5, 0.6) is 0 Å². The number of carbonyl (C=O) groups excluding carboxylic acids is 1. The number of H-pyrrole nitrogens is 1. The Morgan fingerprint density at radius 2 is 1.91 bits per heavy atom. The summed E-state index contributed by atoms with van der Waals surface area (Å²) in [7, 11) is 0. The fraction of sp³-hybridized carbons (Fsp3) is 0.174. The van der Waals surface area contributed by atoms with Gasteiger partial charge in [0.1, 0.15) is 0 Å². The van der Waals surface area contributed by atoms with Gasteiger partial charge in [-0.25, -0.2) is 4.68 Å². The van der Waals surface area contributed by atoms with Crippen molar-refractivity contribution in [1.29, 1.82) is 0 Å². The Bertz CT molecular complexity index is 1360. The van der Waals surface area contributed by atoms with Gasteiger partial charge in [0, 0.05) is 35.4 Å². The average molecular weight is 440 g/mol. The highest BCUT2D eigenvalue weighted by Gasteiger charge is 2.30. The molecular formula is C23H19F3N4O2. The number of hydrogen-bond acceptors (Lipinski definition) is 3. The van der Waals surface area contributed by atoms with Crippen molar-refractivity contribution in [2.24, 2.45) is 0 Å². The minimum atomic E-state index is -4.52. The number of aryl methyl sites for hydroxylation is 1. The van der Waals surface area contributed by atoms with Crippen molar-refractivity contribution in [2.45, 2.75) is 19.5 Å². The number of nitrogens with zero attached hydrogens (tertiary/aromatic N) is 2. The molecular weight excluding hydrogens is 421 g/mol. The standard InChI is InChI=1S/C23H19F3N4O2/c1-14-11-20(31)21(29-30(14)17-6-4-5-16(12-17)23(24,25)26)22(32)27-10-9-15-13-28-19-8-3-2-7-18(15)19/h2-8,11-13,28H,9-10H2,1H3,(H,27,32). The minimum absolute atomic E-state index is 0.102. The van der Waals surface area contributed by atoms with Crippen molar-refractivity contribution in [1.82, 2.24) is 20.1 Å². The summed E-state index contributed by atoms with van der Waals surface area (Å²) in [6.07, 6.45) is -2.13. The van der Waals surface area contributed by atoms with E-state index in [1.54, 1.807) is 0 Å². The lowest BCUT2D eigenvalue weighted by atomic mass is 10.1. The van der Waals surface area contributed by atoms with Gasteiger partial charge < -0.3 is 10.3 Å². The quantitative estimate of drug-likeness (QED) is 0.492. The molecule has 0 spiro atoms. The van der Waals surface area contributed by atoms with Crippen molar-refractivity contribution in [3.05, 3.63) is 93.5 Å². The number of aromatic nitrogens is 3. The number of nitrogens with one attached hydrogen (secondary N) is 2. The van der Waals surface area contributed by atoms with Gasteiger partial charge in [-0.3, -0.25) is 9.59 Å². The van der Waals surface area contributed by atoms with Gasteiger partial charge in [-0.1, -0.05) is 24.3 Å². The molecule has 2 heterocycles. The molecule has 32 heavy (non-hydrogen) atoms. The second kappa shape index (κ2) is 8.33. The van der Waals surface area contributed by atoms with Gasteiger partial charge in [0.2, 0.25) is 5.43 Å². The van der Waals surface area contributed by atoms with E-state index in [-0.39, 0.29) is 17.9 Å². The fourth-order valence-corrected chi connectivity index (χ4v) is 3.51. The van der Waals surface area contributed by atoms with Crippen LogP contribution in [0.15, 0.2) is 65.6 Å². The Morgan fingerprint density at radius 1 is 1.12 bits per heavy atom. The van der Waals surface area contributed by atoms with Crippen LogP contribution < -0.4 is 10.7 Å². The van der Waals surface area contributed by atoms with E-state index in [0.29, 0.717) is 12.1 Å². The molecule has 0 aliphatic carbocycles. The van der Waals surface area contributed by atoms with Crippen LogP contribution in [0.2, 0.25) is 0 Å². The van der Waals surface area contributed by atoms with E-state index in [1.807, 2.05) is 30.5 Å². The highest BCUT2D eigenvalue weighted by atomic mass is 19.4. The van der Waals surface area contributed by atoms with E-state index in [1.165, 1.54) is 25.1 Å². The molecule has 2 N–H and O–H groups in total. The molecule has 1 amide bonds. The summed E-state index contributed by atoms with van der Waals surface area (Å²) < 4.78 is 40.3. The maximum absolute atomic E-state index is 13.1. The number of halogens is 3. The molecule has 0 radical (unpaired) electrons. The molecule has 9 heteroatoms. The minimum Gasteiger partial charge on any atom is -0.361 e. The average Bonchev–Trinajstić information content (AvgIpc) is 3.16. The Kier molecular flexibility index (Phi) is 5.56. The van der Waals surface area contributed by atoms with Gasteiger partial charge in [0.25, 0.3) is 5.91 Å². The van der Waals surface area contributed by atoms with E-state index in [0.717, 1.165) is 33.3 Å². The fourth-order valence-electron chi connectivity index (χ4n) is 3.51. The highest BCUT2D eigenvalue weighted by molar-refractivity contribution is 5.92. The predicted molar refractivity (Wildman–Crippen MR) is 114 cm³/mol. The van der Waals surface area contributed by atoms with Gasteiger partial charge in [0.05, 0.1) is 11.3 Å². The normalized spacial score (nSPS) is 11.6. The van der Waals surface area contributed by atoms with Crippen molar-refractivity contribution in [3.63, 3.8) is 0 Å². The third-order valence-corrected chi connectivity index (χ3v) is 5.10. The van der Waals surface area contributed by atoms with Crippen LogP contribution in [0, 0.1) is 6.92 Å². The van der Waals surface area contributed by atoms with Gasteiger partial charge in [0.15, 0.2) is 5.69 Å². The lowest BCUT2D eigenvalue weighted by Gasteiger charge is -2.13. The van der Waals surface area contributed by atoms with Crippen LogP contribution in [0.4, 0.5) is 13.2 Å². The van der Waals surface area contributed by atoms with Gasteiger partial charge >= 0.3 is 6.18 Å². The Hall–Kier alpha value is -3.88. The van der Waals surface area contributed by atoms with Crippen LogP contribution in [0.1, 0.15) is 27.3 Å². The summed E-state index contributed by atoms with van der Waals surface area (Å²) in [6, 6.07) is 13.5. The van der Waals surface area contributed by atoms with E-state index < -0.39 is 23.1 Å². The van der Waals surface area contributed by atoms with E-state index in [2.05, 4.69) is 15.4 Å². The number of para-hydroxylation sites is 1. The van der Waals surface area contributed by atoms with Crippen LogP contribution in [0.25, 0.3) is 16.6 Å². The molecule has 0 aliphatic heterocycles. The van der Waals surface area contributed by atoms with Crippen molar-refractivity contribution in [2.75, 3.05) is 6.54 Å². The molecule has 0 saturated carbocycles. The summed E-state index contributed by atoms with van der Waals surface area (Å²) in [6.45, 7) is 1.80. The first-order valence-corrected chi connectivity index (χ1v) is 9.86. The summed E-state index contributed by atoms with van der Waals surface area (Å²) in [5, 5.41) is 7.76. The zero-order valence-corrected chi connectivity index (χ0v) is 17.0. The summed E-state index contributed by atoms with van der Waals surface area (Å²) in [4.78, 5) is 28.1. The van der Waals surface area contributed by atoms with E-state index in [4.69, 9.17) is 0 Å². The van der Waals surface area contributed by atoms with Crippen LogP contribution in [0.3, 0.4) is 0 Å². The largest absolute Gasteiger partial charge is 0.416 e. The summed E-state index contributed by atoms with van der Waals surface area (Å²) >= 11 is 0. The Balaban J connectivity index is 1.55. The summed E-state index contributed by atoms with van der Waals surface area (Å²) in [5.74, 6) is -0.685. The topological polar surface area (TPSA) is 79.8 Å². The molecule has 0 saturated heterocycles. The highest BCUT2D eigenvalue weighted by Crippen LogP contribution is 2.30. The molecule has 4 rings (SSSR count). The SMILES string of the molecule is Cc1cc(=O)c(C(=O)NCCc2c[nH]c3ccccc23)nn1-c1cccc(C(F)(F)F)c1. The maximum atomic E-state index is 13.1. The van der Waals surface area contributed by atoms with Crippen LogP contribution >= 0.6 is 0 Å². The van der Waals surface area contributed by atoms with Crippen LogP contribution in [-0.4, -0.2) is 27.2 Å². The zero-order valence-electron chi connectivity index (χ0n) is 17.0. The molecule has 164 valence electrons. The number of aromatic amines is 1. The first kappa shape index (κ1) is 21.4. The molecule has 0 unspecified atom stereocenters. The number of fused-ring (bicyclic) bond motifs is 1. The molecule has 4 aromatic rings.